The fraction of sp³-hybridized carbons (Fsp3) is 0.389. The molecule has 0 spiro atoms. The number of rotatable bonds is 7. The predicted octanol–water partition coefficient (Wildman–Crippen LogP) is 0.993. The number of carbonyl (C=O) groups is 2. The monoisotopic (exact) mass is 439 g/mol. The summed E-state index contributed by atoms with van der Waals surface area (Å²) in [5.41, 5.74) is 0. The molecule has 30 heavy (non-hydrogen) atoms. The van der Waals surface area contributed by atoms with Crippen molar-refractivity contribution in [3.63, 3.8) is 0 Å². The lowest BCUT2D eigenvalue weighted by molar-refractivity contribution is -0.151. The van der Waals surface area contributed by atoms with E-state index in [-0.39, 0.29) is 10.7 Å². The molecular formula is C18H21N3O8S. The Morgan fingerprint density at radius 3 is 2.63 bits per heavy atom. The standard InChI is InChI=1S/C18H21N3O8S/c1-11-8-16(21-29-11)20-18(23)12(2)28-17(22)10-19-30(24,25)13-4-5-14-15(9-13)27-7-3-6-26-14/h4-5,8-9,12,19H,3,6-7,10H2,1-2H3,(H,20,21,23). The molecule has 1 atom stereocenters. The van der Waals surface area contributed by atoms with Gasteiger partial charge in [0.15, 0.2) is 23.4 Å². The molecule has 0 saturated heterocycles. The molecule has 0 fully saturated rings. The number of esters is 1. The molecule has 1 amide bonds. The van der Waals surface area contributed by atoms with Crippen molar-refractivity contribution in [1.29, 1.82) is 0 Å². The molecule has 0 aliphatic carbocycles. The van der Waals surface area contributed by atoms with Gasteiger partial charge in [0, 0.05) is 18.6 Å². The number of hydrogen-bond donors (Lipinski definition) is 2. The Bertz CT molecular complexity index is 1030. The number of anilines is 1. The second-order valence-electron chi connectivity index (χ2n) is 6.43. The fourth-order valence-corrected chi connectivity index (χ4v) is 3.48. The summed E-state index contributed by atoms with van der Waals surface area (Å²) >= 11 is 0. The predicted molar refractivity (Wildman–Crippen MR) is 103 cm³/mol. The number of benzene rings is 1. The van der Waals surface area contributed by atoms with Gasteiger partial charge in [-0.3, -0.25) is 9.59 Å². The van der Waals surface area contributed by atoms with Crippen molar-refractivity contribution in [2.75, 3.05) is 25.1 Å². The number of aryl methyl sites for hydroxylation is 1. The van der Waals surface area contributed by atoms with Crippen LogP contribution < -0.4 is 19.5 Å². The first-order valence-corrected chi connectivity index (χ1v) is 10.6. The quantitative estimate of drug-likeness (QED) is 0.603. The Morgan fingerprint density at radius 2 is 1.93 bits per heavy atom. The zero-order chi connectivity index (χ0) is 21.7. The van der Waals surface area contributed by atoms with Gasteiger partial charge in [0.25, 0.3) is 5.91 Å². The number of nitrogens with zero attached hydrogens (tertiary/aromatic N) is 1. The highest BCUT2D eigenvalue weighted by Gasteiger charge is 2.23. The van der Waals surface area contributed by atoms with Gasteiger partial charge in [-0.1, -0.05) is 5.16 Å². The molecule has 12 heteroatoms. The molecule has 0 saturated carbocycles. The Morgan fingerprint density at radius 1 is 1.20 bits per heavy atom. The fourth-order valence-electron chi connectivity index (χ4n) is 2.49. The average molecular weight is 439 g/mol. The molecule has 2 heterocycles. The van der Waals surface area contributed by atoms with Gasteiger partial charge in [0.1, 0.15) is 12.3 Å². The van der Waals surface area contributed by atoms with Gasteiger partial charge in [0.05, 0.1) is 18.1 Å². The number of hydrogen-bond acceptors (Lipinski definition) is 9. The van der Waals surface area contributed by atoms with E-state index in [2.05, 4.69) is 15.2 Å². The van der Waals surface area contributed by atoms with Crippen LogP contribution in [0.2, 0.25) is 0 Å². The van der Waals surface area contributed by atoms with Crippen LogP contribution in [-0.2, 0) is 24.3 Å². The minimum atomic E-state index is -4.01. The molecule has 1 aromatic carbocycles. The van der Waals surface area contributed by atoms with Crippen molar-refractivity contribution in [2.24, 2.45) is 0 Å². The maximum Gasteiger partial charge on any atom is 0.321 e. The topological polar surface area (TPSA) is 146 Å². The third kappa shape index (κ3) is 5.48. The van der Waals surface area contributed by atoms with Crippen molar-refractivity contribution >= 4 is 27.7 Å². The van der Waals surface area contributed by atoms with Crippen molar-refractivity contribution in [3.8, 4) is 11.5 Å². The van der Waals surface area contributed by atoms with E-state index in [0.29, 0.717) is 36.9 Å². The van der Waals surface area contributed by atoms with Crippen molar-refractivity contribution in [2.45, 2.75) is 31.3 Å². The molecule has 3 rings (SSSR count). The highest BCUT2D eigenvalue weighted by molar-refractivity contribution is 7.89. The van der Waals surface area contributed by atoms with Crippen LogP contribution in [-0.4, -0.2) is 51.3 Å². The van der Waals surface area contributed by atoms with Crippen LogP contribution in [0.15, 0.2) is 33.7 Å². The van der Waals surface area contributed by atoms with Gasteiger partial charge >= 0.3 is 5.97 Å². The molecule has 162 valence electrons. The lowest BCUT2D eigenvalue weighted by Crippen LogP contribution is -2.35. The Hall–Kier alpha value is -3.12. The van der Waals surface area contributed by atoms with E-state index in [0.717, 1.165) is 0 Å². The molecule has 1 aliphatic rings. The summed E-state index contributed by atoms with van der Waals surface area (Å²) in [6.07, 6.45) is -0.486. The zero-order valence-electron chi connectivity index (χ0n) is 16.3. The van der Waals surface area contributed by atoms with Crippen molar-refractivity contribution in [1.82, 2.24) is 9.88 Å². The molecule has 0 radical (unpaired) electrons. The lowest BCUT2D eigenvalue weighted by Gasteiger charge is -2.13. The van der Waals surface area contributed by atoms with E-state index in [1.807, 2.05) is 0 Å². The minimum absolute atomic E-state index is 0.0910. The number of sulfonamides is 1. The summed E-state index contributed by atoms with van der Waals surface area (Å²) in [7, 11) is -4.01. The first-order chi connectivity index (χ1) is 14.2. The van der Waals surface area contributed by atoms with Crippen LogP contribution in [0.3, 0.4) is 0 Å². The highest BCUT2D eigenvalue weighted by atomic mass is 32.2. The molecule has 1 aromatic heterocycles. The van der Waals surface area contributed by atoms with E-state index in [1.54, 1.807) is 6.92 Å². The minimum Gasteiger partial charge on any atom is -0.490 e. The third-order valence-corrected chi connectivity index (χ3v) is 5.39. The highest BCUT2D eigenvalue weighted by Crippen LogP contribution is 2.31. The maximum atomic E-state index is 12.5. The van der Waals surface area contributed by atoms with Crippen molar-refractivity contribution < 1.29 is 36.7 Å². The number of ether oxygens (including phenoxy) is 3. The SMILES string of the molecule is Cc1cc(NC(=O)C(C)OC(=O)CNS(=O)(=O)c2ccc3c(c2)OCCCO3)no1. The maximum absolute atomic E-state index is 12.5. The van der Waals surface area contributed by atoms with Gasteiger partial charge in [0.2, 0.25) is 10.0 Å². The van der Waals surface area contributed by atoms with Crippen LogP contribution in [0.25, 0.3) is 0 Å². The molecule has 0 bridgehead atoms. The van der Waals surface area contributed by atoms with Crippen LogP contribution in [0.1, 0.15) is 19.1 Å². The Balaban J connectivity index is 1.54. The average Bonchev–Trinajstić information content (AvgIpc) is 2.97. The van der Waals surface area contributed by atoms with Crippen LogP contribution in [0, 0.1) is 6.92 Å². The molecule has 1 aliphatic heterocycles. The van der Waals surface area contributed by atoms with Gasteiger partial charge in [-0.2, -0.15) is 4.72 Å². The van der Waals surface area contributed by atoms with E-state index in [9.17, 15) is 18.0 Å². The normalized spacial score (nSPS) is 14.5. The smallest absolute Gasteiger partial charge is 0.321 e. The second-order valence-corrected chi connectivity index (χ2v) is 8.19. The zero-order valence-corrected chi connectivity index (χ0v) is 17.2. The first kappa shape index (κ1) is 21.6. The van der Waals surface area contributed by atoms with E-state index < -0.39 is 34.5 Å². The Kier molecular flexibility index (Phi) is 6.57. The van der Waals surface area contributed by atoms with Crippen LogP contribution in [0.4, 0.5) is 5.82 Å². The van der Waals surface area contributed by atoms with Gasteiger partial charge in [-0.15, -0.1) is 0 Å². The molecule has 1 unspecified atom stereocenters. The number of fused-ring (bicyclic) bond motifs is 1. The summed E-state index contributed by atoms with van der Waals surface area (Å²) < 4.78 is 47.8. The first-order valence-electron chi connectivity index (χ1n) is 9.07. The number of nitrogens with one attached hydrogen (secondary N) is 2. The van der Waals surface area contributed by atoms with Crippen LogP contribution >= 0.6 is 0 Å². The number of amides is 1. The number of aromatic nitrogens is 1. The summed E-state index contributed by atoms with van der Waals surface area (Å²) in [4.78, 5) is 23.9. The third-order valence-electron chi connectivity index (χ3n) is 3.99. The largest absolute Gasteiger partial charge is 0.490 e. The van der Waals surface area contributed by atoms with E-state index >= 15 is 0 Å². The van der Waals surface area contributed by atoms with E-state index in [4.69, 9.17) is 18.7 Å². The Labute approximate surface area is 172 Å². The summed E-state index contributed by atoms with van der Waals surface area (Å²) in [5.74, 6) is -0.122. The summed E-state index contributed by atoms with van der Waals surface area (Å²) in [6.45, 7) is 3.23. The van der Waals surface area contributed by atoms with Crippen molar-refractivity contribution in [3.05, 3.63) is 30.0 Å². The lowest BCUT2D eigenvalue weighted by atomic mass is 10.3. The molecule has 2 N–H and O–H groups in total. The summed E-state index contributed by atoms with van der Waals surface area (Å²) in [5, 5.41) is 6.01. The van der Waals surface area contributed by atoms with Crippen LogP contribution in [0.5, 0.6) is 11.5 Å². The second kappa shape index (κ2) is 9.13. The van der Waals surface area contributed by atoms with E-state index in [1.165, 1.54) is 31.2 Å². The summed E-state index contributed by atoms with van der Waals surface area (Å²) in [6, 6.07) is 5.66. The molecular weight excluding hydrogens is 418 g/mol. The molecule has 2 aromatic rings. The van der Waals surface area contributed by atoms with Gasteiger partial charge in [-0.25, -0.2) is 8.42 Å². The number of carbonyl (C=O) groups excluding carboxylic acids is 2. The molecule has 11 nitrogen and oxygen atoms in total. The van der Waals surface area contributed by atoms with Gasteiger partial charge < -0.3 is 24.1 Å². The van der Waals surface area contributed by atoms with Gasteiger partial charge in [-0.05, 0) is 26.0 Å².